The molecular weight excluding hydrogens is 398 g/mol. The molecule has 0 bridgehead atoms. The fraction of sp³-hybridized carbons (Fsp3) is 0.167. The number of hydrogen-bond acceptors (Lipinski definition) is 6. The summed E-state index contributed by atoms with van der Waals surface area (Å²) in [6.45, 7) is 0.185. The van der Waals surface area contributed by atoms with Gasteiger partial charge in [0.1, 0.15) is 11.3 Å². The molecule has 0 spiro atoms. The lowest BCUT2D eigenvalue weighted by atomic mass is 9.98. The van der Waals surface area contributed by atoms with Gasteiger partial charge >= 0.3 is 0 Å². The number of carbonyl (C=O) groups excluding carboxylic acids is 1. The van der Waals surface area contributed by atoms with Gasteiger partial charge in [-0.1, -0.05) is 18.2 Å². The van der Waals surface area contributed by atoms with Crippen LogP contribution >= 0.6 is 0 Å². The van der Waals surface area contributed by atoms with E-state index in [4.69, 9.17) is 18.3 Å². The van der Waals surface area contributed by atoms with Crippen LogP contribution in [0.4, 0.5) is 0 Å². The number of amides is 1. The zero-order chi connectivity index (χ0) is 21.5. The van der Waals surface area contributed by atoms with Crippen molar-refractivity contribution in [3.63, 3.8) is 0 Å². The van der Waals surface area contributed by atoms with Gasteiger partial charge in [-0.05, 0) is 42.0 Å². The van der Waals surface area contributed by atoms with Gasteiger partial charge in [0.15, 0.2) is 16.9 Å². The molecule has 0 radical (unpaired) electrons. The van der Waals surface area contributed by atoms with E-state index >= 15 is 0 Å². The molecule has 0 aliphatic carbocycles. The van der Waals surface area contributed by atoms with E-state index in [2.05, 4.69) is 0 Å². The minimum atomic E-state index is -0.659. The first-order valence-electron chi connectivity index (χ1n) is 9.73. The van der Waals surface area contributed by atoms with Crippen LogP contribution in [0.3, 0.4) is 0 Å². The van der Waals surface area contributed by atoms with Crippen LogP contribution < -0.4 is 14.9 Å². The number of fused-ring (bicyclic) bond motifs is 2. The number of hydrogen-bond donors (Lipinski definition) is 0. The highest BCUT2D eigenvalue weighted by atomic mass is 16.5. The summed E-state index contributed by atoms with van der Waals surface area (Å²) in [6.07, 6.45) is 1.55. The Kier molecular flexibility index (Phi) is 4.51. The van der Waals surface area contributed by atoms with Crippen molar-refractivity contribution in [1.29, 1.82) is 0 Å². The molecule has 7 nitrogen and oxygen atoms in total. The molecule has 1 amide bonds. The third-order valence-electron chi connectivity index (χ3n) is 5.50. The van der Waals surface area contributed by atoms with Crippen molar-refractivity contribution in [2.45, 2.75) is 12.6 Å². The standard InChI is InChI=1S/C24H19NO6/c1-28-18-10-9-14(12-19(18)29-2)21-20-22(26)16-7-3-4-8-17(16)31-23(20)24(27)25(21)13-15-6-5-11-30-15/h3-12,21H,13H2,1-2H3/t21-/m1/s1. The first-order valence-corrected chi connectivity index (χ1v) is 9.73. The monoisotopic (exact) mass is 417 g/mol. The van der Waals surface area contributed by atoms with Crippen molar-refractivity contribution < 1.29 is 23.1 Å². The maximum atomic E-state index is 13.5. The van der Waals surface area contributed by atoms with Gasteiger partial charge < -0.3 is 23.2 Å². The number of furan rings is 1. The molecule has 0 saturated heterocycles. The van der Waals surface area contributed by atoms with Crippen molar-refractivity contribution >= 4 is 16.9 Å². The molecule has 0 fully saturated rings. The van der Waals surface area contributed by atoms with E-state index in [1.54, 1.807) is 66.8 Å². The molecule has 0 unspecified atom stereocenters. The fourth-order valence-corrected chi connectivity index (χ4v) is 4.07. The lowest BCUT2D eigenvalue weighted by molar-refractivity contribution is 0.0701. The number of nitrogens with zero attached hydrogens (tertiary/aromatic N) is 1. The van der Waals surface area contributed by atoms with Gasteiger partial charge in [-0.15, -0.1) is 0 Å². The van der Waals surface area contributed by atoms with Crippen LogP contribution in [0.5, 0.6) is 11.5 Å². The first kappa shape index (κ1) is 19.0. The number of benzene rings is 2. The minimum absolute atomic E-state index is 0.0510. The van der Waals surface area contributed by atoms with Gasteiger partial charge in [0.2, 0.25) is 5.76 Å². The largest absolute Gasteiger partial charge is 0.493 e. The molecule has 4 aromatic rings. The second kappa shape index (κ2) is 7.36. The number of rotatable bonds is 5. The van der Waals surface area contributed by atoms with Gasteiger partial charge in [-0.3, -0.25) is 9.59 Å². The molecule has 1 aliphatic heterocycles. The minimum Gasteiger partial charge on any atom is -0.493 e. The van der Waals surface area contributed by atoms with Crippen LogP contribution in [-0.4, -0.2) is 25.0 Å². The Hall–Kier alpha value is -4.00. The third-order valence-corrected chi connectivity index (χ3v) is 5.50. The lowest BCUT2D eigenvalue weighted by Gasteiger charge is -2.25. The molecule has 0 N–H and O–H groups in total. The molecule has 2 aromatic carbocycles. The average Bonchev–Trinajstić information content (AvgIpc) is 3.41. The average molecular weight is 417 g/mol. The molecule has 2 aromatic heterocycles. The second-order valence-electron chi connectivity index (χ2n) is 7.20. The molecule has 5 rings (SSSR count). The van der Waals surface area contributed by atoms with Crippen molar-refractivity contribution in [2.24, 2.45) is 0 Å². The normalized spacial score (nSPS) is 15.4. The summed E-state index contributed by atoms with van der Waals surface area (Å²) in [5, 5.41) is 0.430. The van der Waals surface area contributed by atoms with Crippen molar-refractivity contribution in [1.82, 2.24) is 4.90 Å². The summed E-state index contributed by atoms with van der Waals surface area (Å²) in [5.41, 5.74) is 1.17. The Balaban J connectivity index is 1.74. The van der Waals surface area contributed by atoms with Gasteiger partial charge in [-0.25, -0.2) is 0 Å². The van der Waals surface area contributed by atoms with E-state index in [1.165, 1.54) is 7.11 Å². The lowest BCUT2D eigenvalue weighted by Crippen LogP contribution is -2.29. The maximum Gasteiger partial charge on any atom is 0.291 e. The predicted octanol–water partition coefficient (Wildman–Crippen LogP) is 4.15. The van der Waals surface area contributed by atoms with Crippen LogP contribution in [0.25, 0.3) is 11.0 Å². The topological polar surface area (TPSA) is 82.1 Å². The van der Waals surface area contributed by atoms with E-state index in [1.807, 2.05) is 6.07 Å². The van der Waals surface area contributed by atoms with E-state index in [0.717, 1.165) is 0 Å². The van der Waals surface area contributed by atoms with Gasteiger partial charge in [0.05, 0.1) is 44.0 Å². The molecule has 1 atom stereocenters. The maximum absolute atomic E-state index is 13.5. The third kappa shape index (κ3) is 2.97. The van der Waals surface area contributed by atoms with Crippen molar-refractivity contribution in [3.05, 3.63) is 93.7 Å². The summed E-state index contributed by atoms with van der Waals surface area (Å²) < 4.78 is 22.2. The molecule has 7 heteroatoms. The van der Waals surface area contributed by atoms with Gasteiger partial charge in [0, 0.05) is 0 Å². The molecule has 0 saturated carbocycles. The highest BCUT2D eigenvalue weighted by Gasteiger charge is 2.43. The molecule has 1 aliphatic rings. The van der Waals surface area contributed by atoms with E-state index in [-0.39, 0.29) is 23.6 Å². The predicted molar refractivity (Wildman–Crippen MR) is 112 cm³/mol. The van der Waals surface area contributed by atoms with Gasteiger partial charge in [-0.2, -0.15) is 0 Å². The van der Waals surface area contributed by atoms with E-state index in [9.17, 15) is 9.59 Å². The number of para-hydroxylation sites is 1. The second-order valence-corrected chi connectivity index (χ2v) is 7.20. The molecule has 31 heavy (non-hydrogen) atoms. The van der Waals surface area contributed by atoms with E-state index in [0.29, 0.717) is 39.4 Å². The molecule has 3 heterocycles. The van der Waals surface area contributed by atoms with Crippen LogP contribution in [0.1, 0.15) is 33.5 Å². The number of carbonyl (C=O) groups is 1. The Morgan fingerprint density at radius 1 is 0.968 bits per heavy atom. The number of methoxy groups -OCH3 is 2. The summed E-state index contributed by atoms with van der Waals surface area (Å²) in [6, 6.07) is 15.2. The summed E-state index contributed by atoms with van der Waals surface area (Å²) in [5.74, 6) is 1.34. The number of ether oxygens (including phenoxy) is 2. The van der Waals surface area contributed by atoms with Crippen LogP contribution in [0.15, 0.2) is 74.5 Å². The smallest absolute Gasteiger partial charge is 0.291 e. The molecule has 156 valence electrons. The van der Waals surface area contributed by atoms with E-state index < -0.39 is 6.04 Å². The SMILES string of the molecule is COc1ccc([C@@H]2c3c(oc4ccccc4c3=O)C(=O)N2Cc2ccco2)cc1OC. The van der Waals surface area contributed by atoms with Crippen LogP contribution in [0.2, 0.25) is 0 Å². The zero-order valence-corrected chi connectivity index (χ0v) is 17.0. The summed E-state index contributed by atoms with van der Waals surface area (Å²) >= 11 is 0. The summed E-state index contributed by atoms with van der Waals surface area (Å²) in [4.78, 5) is 28.4. The molecular formula is C24H19NO6. The Morgan fingerprint density at radius 3 is 2.52 bits per heavy atom. The van der Waals surface area contributed by atoms with Crippen molar-refractivity contribution in [3.8, 4) is 11.5 Å². The van der Waals surface area contributed by atoms with Crippen LogP contribution in [-0.2, 0) is 6.54 Å². The Bertz CT molecular complexity index is 1340. The zero-order valence-electron chi connectivity index (χ0n) is 17.0. The highest BCUT2D eigenvalue weighted by Crippen LogP contribution is 2.41. The summed E-state index contributed by atoms with van der Waals surface area (Å²) in [7, 11) is 3.09. The Morgan fingerprint density at radius 2 is 1.77 bits per heavy atom. The fourth-order valence-electron chi connectivity index (χ4n) is 4.07. The van der Waals surface area contributed by atoms with Crippen molar-refractivity contribution in [2.75, 3.05) is 14.2 Å². The first-order chi connectivity index (χ1) is 15.1. The van der Waals surface area contributed by atoms with Crippen LogP contribution in [0, 0.1) is 0 Å². The van der Waals surface area contributed by atoms with Gasteiger partial charge in [0.25, 0.3) is 5.91 Å². The Labute approximate surface area is 177 Å². The highest BCUT2D eigenvalue weighted by molar-refractivity contribution is 5.99. The quantitative estimate of drug-likeness (QED) is 0.485.